The van der Waals surface area contributed by atoms with Crippen molar-refractivity contribution >= 4 is 11.8 Å². The molecular formula is C19H25N3O3. The van der Waals surface area contributed by atoms with Gasteiger partial charge in [-0.05, 0) is 18.9 Å². The van der Waals surface area contributed by atoms with Crippen LogP contribution < -0.4 is 15.4 Å². The van der Waals surface area contributed by atoms with E-state index in [4.69, 9.17) is 4.74 Å². The number of rotatable bonds is 8. The molecule has 0 aliphatic rings. The summed E-state index contributed by atoms with van der Waals surface area (Å²) in [6.07, 6.45) is 1.55. The van der Waals surface area contributed by atoms with Gasteiger partial charge >= 0.3 is 0 Å². The number of aromatic nitrogens is 1. The van der Waals surface area contributed by atoms with Crippen molar-refractivity contribution in [3.8, 4) is 5.75 Å². The monoisotopic (exact) mass is 343 g/mol. The van der Waals surface area contributed by atoms with Crippen molar-refractivity contribution in [2.24, 2.45) is 0 Å². The quantitative estimate of drug-likeness (QED) is 0.689. The van der Waals surface area contributed by atoms with Gasteiger partial charge in [-0.15, -0.1) is 0 Å². The predicted molar refractivity (Wildman–Crippen MR) is 96.9 cm³/mol. The van der Waals surface area contributed by atoms with E-state index in [1.54, 1.807) is 13.1 Å². The molecule has 6 heteroatoms. The molecule has 0 saturated carbocycles. The number of nitrogens with one attached hydrogen (secondary N) is 3. The number of carbonyl (C=O) groups excluding carboxylic acids is 2. The van der Waals surface area contributed by atoms with Crippen LogP contribution in [-0.4, -0.2) is 30.4 Å². The van der Waals surface area contributed by atoms with Crippen molar-refractivity contribution in [2.75, 3.05) is 13.6 Å². The Morgan fingerprint density at radius 2 is 1.88 bits per heavy atom. The van der Waals surface area contributed by atoms with Crippen molar-refractivity contribution < 1.29 is 14.3 Å². The highest BCUT2D eigenvalue weighted by molar-refractivity contribution is 5.99. The summed E-state index contributed by atoms with van der Waals surface area (Å²) in [5.74, 6) is -0.217. The van der Waals surface area contributed by atoms with Crippen LogP contribution in [0.25, 0.3) is 0 Å². The van der Waals surface area contributed by atoms with Crippen molar-refractivity contribution in [3.63, 3.8) is 0 Å². The Hall–Kier alpha value is -2.76. The van der Waals surface area contributed by atoms with Crippen molar-refractivity contribution in [3.05, 3.63) is 53.3 Å². The first-order valence-corrected chi connectivity index (χ1v) is 8.55. The van der Waals surface area contributed by atoms with E-state index in [1.807, 2.05) is 37.3 Å². The third-order valence-corrected chi connectivity index (χ3v) is 3.81. The Labute approximate surface area is 148 Å². The van der Waals surface area contributed by atoms with Gasteiger partial charge in [0.2, 0.25) is 0 Å². The summed E-state index contributed by atoms with van der Waals surface area (Å²) in [5, 5.41) is 5.28. The molecule has 1 atom stereocenters. The fraction of sp³-hybridized carbons (Fsp3) is 0.368. The lowest BCUT2D eigenvalue weighted by molar-refractivity contribution is 0.0950. The van der Waals surface area contributed by atoms with Crippen LogP contribution in [-0.2, 0) is 0 Å². The third-order valence-electron chi connectivity index (χ3n) is 3.81. The molecule has 2 rings (SSSR count). The topological polar surface area (TPSA) is 83.2 Å². The lowest BCUT2D eigenvalue weighted by Crippen LogP contribution is -2.23. The molecule has 0 unspecified atom stereocenters. The van der Waals surface area contributed by atoms with Crippen LogP contribution in [0.5, 0.6) is 5.75 Å². The SMILES string of the molecule is CCC[C@@H](Oc1cc(C(=O)NCC)[nH]c1C(=O)NC)c1ccccc1. The lowest BCUT2D eigenvalue weighted by atomic mass is 10.1. The van der Waals surface area contributed by atoms with E-state index in [-0.39, 0.29) is 23.6 Å². The van der Waals surface area contributed by atoms with Gasteiger partial charge in [0.15, 0.2) is 5.75 Å². The molecule has 0 saturated heterocycles. The number of hydrogen-bond donors (Lipinski definition) is 3. The first kappa shape index (κ1) is 18.6. The Morgan fingerprint density at radius 1 is 1.16 bits per heavy atom. The number of hydrogen-bond acceptors (Lipinski definition) is 3. The number of aromatic amines is 1. The molecule has 0 fully saturated rings. The minimum atomic E-state index is -0.325. The summed E-state index contributed by atoms with van der Waals surface area (Å²) in [4.78, 5) is 27.1. The van der Waals surface area contributed by atoms with Crippen LogP contribution >= 0.6 is 0 Å². The molecule has 2 amide bonds. The van der Waals surface area contributed by atoms with Gasteiger partial charge in [0, 0.05) is 19.7 Å². The molecule has 1 aromatic heterocycles. The third kappa shape index (κ3) is 4.62. The molecule has 2 aromatic rings. The summed E-state index contributed by atoms with van der Waals surface area (Å²) in [6.45, 7) is 4.42. The summed E-state index contributed by atoms with van der Waals surface area (Å²) in [7, 11) is 1.54. The second-order valence-electron chi connectivity index (χ2n) is 5.67. The Kier molecular flexibility index (Phi) is 6.62. The fourth-order valence-corrected chi connectivity index (χ4v) is 2.58. The Bertz CT molecular complexity index is 710. The largest absolute Gasteiger partial charge is 0.483 e. The van der Waals surface area contributed by atoms with Crippen LogP contribution in [0, 0.1) is 0 Å². The standard InChI is InChI=1S/C19H25N3O3/c1-4-9-15(13-10-7-6-8-11-13)25-16-12-14(18(23)21-5-2)22-17(16)19(24)20-3/h6-8,10-12,15,22H,4-5,9H2,1-3H3,(H,20,24)(H,21,23)/t15-/m1/s1. The van der Waals surface area contributed by atoms with Crippen molar-refractivity contribution in [2.45, 2.75) is 32.8 Å². The minimum absolute atomic E-state index is 0.188. The Morgan fingerprint density at radius 3 is 2.48 bits per heavy atom. The number of benzene rings is 1. The maximum atomic E-state index is 12.1. The highest BCUT2D eigenvalue weighted by Crippen LogP contribution is 2.29. The molecule has 0 spiro atoms. The zero-order valence-electron chi connectivity index (χ0n) is 14.9. The molecule has 0 radical (unpaired) electrons. The molecule has 1 heterocycles. The van der Waals surface area contributed by atoms with Gasteiger partial charge < -0.3 is 20.4 Å². The van der Waals surface area contributed by atoms with Gasteiger partial charge in [-0.1, -0.05) is 43.7 Å². The average molecular weight is 343 g/mol. The van der Waals surface area contributed by atoms with Gasteiger partial charge in [0.05, 0.1) is 0 Å². The molecule has 25 heavy (non-hydrogen) atoms. The molecule has 0 aliphatic carbocycles. The fourth-order valence-electron chi connectivity index (χ4n) is 2.58. The number of H-pyrrole nitrogens is 1. The van der Waals surface area contributed by atoms with Gasteiger partial charge in [0.1, 0.15) is 17.5 Å². The second kappa shape index (κ2) is 8.92. The average Bonchev–Trinajstić information content (AvgIpc) is 3.05. The van der Waals surface area contributed by atoms with E-state index >= 15 is 0 Å². The van der Waals surface area contributed by atoms with Gasteiger partial charge in [-0.2, -0.15) is 0 Å². The molecule has 1 aromatic carbocycles. The molecular weight excluding hydrogens is 318 g/mol. The predicted octanol–water partition coefficient (Wildman–Crippen LogP) is 3.04. The highest BCUT2D eigenvalue weighted by atomic mass is 16.5. The molecule has 0 aliphatic heterocycles. The summed E-state index contributed by atoms with van der Waals surface area (Å²) < 4.78 is 6.13. The second-order valence-corrected chi connectivity index (χ2v) is 5.67. The number of ether oxygens (including phenoxy) is 1. The van der Waals surface area contributed by atoms with Crippen molar-refractivity contribution in [1.82, 2.24) is 15.6 Å². The molecule has 6 nitrogen and oxygen atoms in total. The first-order valence-electron chi connectivity index (χ1n) is 8.55. The van der Waals surface area contributed by atoms with Gasteiger partial charge in [-0.3, -0.25) is 9.59 Å². The summed E-state index contributed by atoms with van der Waals surface area (Å²) in [5.41, 5.74) is 1.59. The maximum absolute atomic E-state index is 12.1. The van der Waals surface area contributed by atoms with E-state index in [0.717, 1.165) is 18.4 Å². The zero-order chi connectivity index (χ0) is 18.2. The molecule has 134 valence electrons. The normalized spacial score (nSPS) is 11.6. The Balaban J connectivity index is 2.34. The number of amides is 2. The molecule has 0 bridgehead atoms. The van der Waals surface area contributed by atoms with E-state index < -0.39 is 0 Å². The summed E-state index contributed by atoms with van der Waals surface area (Å²) in [6, 6.07) is 11.4. The van der Waals surface area contributed by atoms with E-state index in [2.05, 4.69) is 22.5 Å². The van der Waals surface area contributed by atoms with Crippen LogP contribution in [0.2, 0.25) is 0 Å². The van der Waals surface area contributed by atoms with Crippen LogP contribution in [0.3, 0.4) is 0 Å². The van der Waals surface area contributed by atoms with E-state index in [0.29, 0.717) is 18.0 Å². The van der Waals surface area contributed by atoms with Gasteiger partial charge in [0.25, 0.3) is 11.8 Å². The zero-order valence-corrected chi connectivity index (χ0v) is 14.9. The maximum Gasteiger partial charge on any atom is 0.271 e. The van der Waals surface area contributed by atoms with Crippen molar-refractivity contribution in [1.29, 1.82) is 0 Å². The highest BCUT2D eigenvalue weighted by Gasteiger charge is 2.22. The van der Waals surface area contributed by atoms with Crippen LogP contribution in [0.15, 0.2) is 36.4 Å². The van der Waals surface area contributed by atoms with Crippen LogP contribution in [0.1, 0.15) is 59.3 Å². The summed E-state index contributed by atoms with van der Waals surface area (Å²) >= 11 is 0. The van der Waals surface area contributed by atoms with E-state index in [9.17, 15) is 9.59 Å². The first-order chi connectivity index (χ1) is 12.1. The minimum Gasteiger partial charge on any atom is -0.483 e. The van der Waals surface area contributed by atoms with E-state index in [1.165, 1.54) is 0 Å². The van der Waals surface area contributed by atoms with Gasteiger partial charge in [-0.25, -0.2) is 0 Å². The molecule has 3 N–H and O–H groups in total. The number of carbonyl (C=O) groups is 2. The van der Waals surface area contributed by atoms with Crippen LogP contribution in [0.4, 0.5) is 0 Å². The smallest absolute Gasteiger partial charge is 0.271 e. The lowest BCUT2D eigenvalue weighted by Gasteiger charge is -2.19.